The molecule has 0 saturated carbocycles. The lowest BCUT2D eigenvalue weighted by molar-refractivity contribution is 0.415. The maximum atomic E-state index is 12.1. The summed E-state index contributed by atoms with van der Waals surface area (Å²) < 4.78 is 17.6. The SMILES string of the molecule is CN=C(NCCCF)NC1CCN(c2ccccc2OC)C1.I. The molecule has 2 N–H and O–H groups in total. The van der Waals surface area contributed by atoms with E-state index >= 15 is 0 Å². The zero-order valence-corrected chi connectivity index (χ0v) is 16.0. The van der Waals surface area contributed by atoms with Gasteiger partial charge in [-0.25, -0.2) is 0 Å². The van der Waals surface area contributed by atoms with Crippen LogP contribution in [-0.4, -0.2) is 52.5 Å². The van der Waals surface area contributed by atoms with Gasteiger partial charge in [-0.15, -0.1) is 24.0 Å². The number of aliphatic imine (C=N–C) groups is 1. The number of hydrogen-bond acceptors (Lipinski definition) is 3. The fraction of sp³-hybridized carbons (Fsp3) is 0.562. The summed E-state index contributed by atoms with van der Waals surface area (Å²) in [5, 5.41) is 6.53. The Morgan fingerprint density at radius 1 is 1.43 bits per heavy atom. The third kappa shape index (κ3) is 5.71. The Labute approximate surface area is 154 Å². The molecule has 1 aliphatic heterocycles. The summed E-state index contributed by atoms with van der Waals surface area (Å²) in [6.45, 7) is 2.15. The highest BCUT2D eigenvalue weighted by molar-refractivity contribution is 14.0. The van der Waals surface area contributed by atoms with Crippen molar-refractivity contribution in [2.75, 3.05) is 45.4 Å². The van der Waals surface area contributed by atoms with Crippen LogP contribution in [-0.2, 0) is 0 Å². The predicted molar refractivity (Wildman–Crippen MR) is 104 cm³/mol. The number of nitrogens with one attached hydrogen (secondary N) is 2. The molecule has 0 bridgehead atoms. The van der Waals surface area contributed by atoms with Crippen LogP contribution in [0.15, 0.2) is 29.3 Å². The zero-order valence-electron chi connectivity index (χ0n) is 13.7. The van der Waals surface area contributed by atoms with Crippen LogP contribution in [0.4, 0.5) is 10.1 Å². The number of ether oxygens (including phenoxy) is 1. The molecule has 5 nitrogen and oxygen atoms in total. The van der Waals surface area contributed by atoms with Gasteiger partial charge in [0.2, 0.25) is 0 Å². The molecule has 0 aliphatic carbocycles. The maximum Gasteiger partial charge on any atom is 0.191 e. The van der Waals surface area contributed by atoms with Gasteiger partial charge in [0, 0.05) is 32.7 Å². The molecular weight excluding hydrogens is 410 g/mol. The lowest BCUT2D eigenvalue weighted by atomic mass is 10.2. The minimum Gasteiger partial charge on any atom is -0.495 e. The summed E-state index contributed by atoms with van der Waals surface area (Å²) >= 11 is 0. The van der Waals surface area contributed by atoms with Gasteiger partial charge in [0.05, 0.1) is 19.5 Å². The number of para-hydroxylation sites is 2. The number of alkyl halides is 1. The monoisotopic (exact) mass is 436 g/mol. The largest absolute Gasteiger partial charge is 0.495 e. The van der Waals surface area contributed by atoms with E-state index in [-0.39, 0.29) is 30.7 Å². The molecule has 23 heavy (non-hydrogen) atoms. The van der Waals surface area contributed by atoms with E-state index in [4.69, 9.17) is 4.74 Å². The minimum absolute atomic E-state index is 0. The van der Waals surface area contributed by atoms with Gasteiger partial charge >= 0.3 is 0 Å². The Morgan fingerprint density at radius 2 is 2.22 bits per heavy atom. The average molecular weight is 436 g/mol. The summed E-state index contributed by atoms with van der Waals surface area (Å²) in [5.74, 6) is 1.63. The second-order valence-corrected chi connectivity index (χ2v) is 5.29. The van der Waals surface area contributed by atoms with E-state index < -0.39 is 0 Å². The first kappa shape index (κ1) is 19.8. The van der Waals surface area contributed by atoms with Crippen molar-refractivity contribution in [1.29, 1.82) is 0 Å². The Balaban J connectivity index is 0.00000264. The Bertz CT molecular complexity index is 501. The minimum atomic E-state index is -0.311. The van der Waals surface area contributed by atoms with Crippen molar-refractivity contribution < 1.29 is 9.13 Å². The highest BCUT2D eigenvalue weighted by atomic mass is 127. The van der Waals surface area contributed by atoms with Crippen molar-refractivity contribution >= 4 is 35.6 Å². The molecule has 0 amide bonds. The van der Waals surface area contributed by atoms with E-state index in [9.17, 15) is 4.39 Å². The van der Waals surface area contributed by atoms with Gasteiger partial charge in [0.25, 0.3) is 0 Å². The van der Waals surface area contributed by atoms with Crippen molar-refractivity contribution in [2.24, 2.45) is 4.99 Å². The molecule has 1 atom stereocenters. The van der Waals surface area contributed by atoms with Gasteiger partial charge in [-0.2, -0.15) is 0 Å². The fourth-order valence-corrected chi connectivity index (χ4v) is 2.65. The smallest absolute Gasteiger partial charge is 0.191 e. The lowest BCUT2D eigenvalue weighted by Gasteiger charge is -2.22. The number of guanidine groups is 1. The van der Waals surface area contributed by atoms with Gasteiger partial charge < -0.3 is 20.3 Å². The normalized spacial score (nSPS) is 17.6. The summed E-state index contributed by atoms with van der Waals surface area (Å²) in [5.41, 5.74) is 1.12. The number of anilines is 1. The van der Waals surface area contributed by atoms with Gasteiger partial charge in [0.15, 0.2) is 5.96 Å². The molecule has 2 rings (SSSR count). The average Bonchev–Trinajstić information content (AvgIpc) is 3.02. The number of rotatable bonds is 6. The van der Waals surface area contributed by atoms with Crippen LogP contribution >= 0.6 is 24.0 Å². The highest BCUT2D eigenvalue weighted by Crippen LogP contribution is 2.30. The van der Waals surface area contributed by atoms with E-state index in [1.54, 1.807) is 14.2 Å². The first-order chi connectivity index (χ1) is 10.8. The van der Waals surface area contributed by atoms with Crippen LogP contribution in [0.3, 0.4) is 0 Å². The molecule has 7 heteroatoms. The van der Waals surface area contributed by atoms with E-state index in [1.165, 1.54) is 0 Å². The molecule has 130 valence electrons. The molecule has 1 aromatic rings. The summed E-state index contributed by atoms with van der Waals surface area (Å²) in [6, 6.07) is 8.38. The van der Waals surface area contributed by atoms with E-state index in [0.29, 0.717) is 19.0 Å². The predicted octanol–water partition coefficient (Wildman–Crippen LogP) is 2.42. The van der Waals surface area contributed by atoms with Crippen LogP contribution in [0.5, 0.6) is 5.75 Å². The number of halogens is 2. The van der Waals surface area contributed by atoms with Crippen molar-refractivity contribution in [3.63, 3.8) is 0 Å². The third-order valence-electron chi connectivity index (χ3n) is 3.78. The van der Waals surface area contributed by atoms with E-state index in [1.807, 2.05) is 18.2 Å². The number of methoxy groups -OCH3 is 1. The lowest BCUT2D eigenvalue weighted by Crippen LogP contribution is -2.44. The molecule has 0 aromatic heterocycles. The van der Waals surface area contributed by atoms with Gasteiger partial charge in [-0.3, -0.25) is 9.38 Å². The Kier molecular flexibility index (Phi) is 9.05. The summed E-state index contributed by atoms with van der Waals surface area (Å²) in [4.78, 5) is 6.49. The quantitative estimate of drug-likeness (QED) is 0.311. The Hall–Kier alpha value is -1.25. The molecule has 1 heterocycles. The summed E-state index contributed by atoms with van der Waals surface area (Å²) in [6.07, 6.45) is 1.53. The van der Waals surface area contributed by atoms with Crippen LogP contribution in [0.1, 0.15) is 12.8 Å². The molecule has 0 radical (unpaired) electrons. The van der Waals surface area contributed by atoms with Gasteiger partial charge in [-0.1, -0.05) is 12.1 Å². The third-order valence-corrected chi connectivity index (χ3v) is 3.78. The van der Waals surface area contributed by atoms with Crippen molar-refractivity contribution in [3.05, 3.63) is 24.3 Å². The standard InChI is InChI=1S/C16H25FN4O.HI/c1-18-16(19-10-5-9-17)20-13-8-11-21(12-13)14-6-3-4-7-15(14)22-2;/h3-4,6-7,13H,5,8-12H2,1-2H3,(H2,18,19,20);1H. The fourth-order valence-electron chi connectivity index (χ4n) is 2.65. The second kappa shape index (κ2) is 10.5. The van der Waals surface area contributed by atoms with Crippen LogP contribution in [0.25, 0.3) is 0 Å². The van der Waals surface area contributed by atoms with Crippen LogP contribution in [0.2, 0.25) is 0 Å². The molecule has 1 fully saturated rings. The van der Waals surface area contributed by atoms with Gasteiger partial charge in [-0.05, 0) is 25.0 Å². The van der Waals surface area contributed by atoms with Gasteiger partial charge in [0.1, 0.15) is 5.75 Å². The molecule has 0 spiro atoms. The molecule has 1 saturated heterocycles. The number of nitrogens with zero attached hydrogens (tertiary/aromatic N) is 2. The number of hydrogen-bond donors (Lipinski definition) is 2. The molecular formula is C16H26FIN4O. The highest BCUT2D eigenvalue weighted by Gasteiger charge is 2.25. The zero-order chi connectivity index (χ0) is 15.8. The van der Waals surface area contributed by atoms with Crippen LogP contribution in [0, 0.1) is 0 Å². The first-order valence-corrected chi connectivity index (χ1v) is 7.69. The van der Waals surface area contributed by atoms with E-state index in [2.05, 4.69) is 26.6 Å². The summed E-state index contributed by atoms with van der Waals surface area (Å²) in [7, 11) is 3.43. The topological polar surface area (TPSA) is 48.9 Å². The van der Waals surface area contributed by atoms with Crippen molar-refractivity contribution in [1.82, 2.24) is 10.6 Å². The van der Waals surface area contributed by atoms with Crippen LogP contribution < -0.4 is 20.3 Å². The Morgan fingerprint density at radius 3 is 2.91 bits per heavy atom. The molecule has 1 aromatic carbocycles. The molecule has 1 aliphatic rings. The van der Waals surface area contributed by atoms with Crippen molar-refractivity contribution in [2.45, 2.75) is 18.9 Å². The van der Waals surface area contributed by atoms with Crippen molar-refractivity contribution in [3.8, 4) is 5.75 Å². The van der Waals surface area contributed by atoms with E-state index in [0.717, 1.165) is 36.9 Å². The second-order valence-electron chi connectivity index (χ2n) is 5.29. The number of benzene rings is 1. The molecule has 1 unspecified atom stereocenters. The first-order valence-electron chi connectivity index (χ1n) is 7.69. The maximum absolute atomic E-state index is 12.1.